The summed E-state index contributed by atoms with van der Waals surface area (Å²) in [6.07, 6.45) is 0. The Morgan fingerprint density at radius 3 is 2.62 bits per heavy atom. The topological polar surface area (TPSA) is 17.8 Å². The summed E-state index contributed by atoms with van der Waals surface area (Å²) < 4.78 is 1.98. The molecule has 108 valence electrons. The molecule has 0 spiro atoms. The van der Waals surface area contributed by atoms with Crippen LogP contribution in [-0.4, -0.2) is 9.55 Å². The highest BCUT2D eigenvalue weighted by molar-refractivity contribution is 6.34. The quantitative estimate of drug-likeness (QED) is 0.528. The van der Waals surface area contributed by atoms with Gasteiger partial charge in [0.25, 0.3) is 0 Å². The summed E-state index contributed by atoms with van der Waals surface area (Å²) in [5, 5.41) is 0.989. The van der Waals surface area contributed by atoms with E-state index in [1.807, 2.05) is 42.7 Å². The molecular formula is C16H13Cl3N2. The highest BCUT2D eigenvalue weighted by atomic mass is 35.5. The molecule has 3 rings (SSSR count). The normalized spacial score (nSPS) is 12.8. The first-order valence-corrected chi connectivity index (χ1v) is 7.75. The summed E-state index contributed by atoms with van der Waals surface area (Å²) in [5.74, 6) is 0.755. The minimum atomic E-state index is -0.244. The van der Waals surface area contributed by atoms with Crippen molar-refractivity contribution in [1.29, 1.82) is 0 Å². The maximum absolute atomic E-state index is 6.35. The van der Waals surface area contributed by atoms with Crippen LogP contribution in [0.1, 0.15) is 23.7 Å². The van der Waals surface area contributed by atoms with Crippen molar-refractivity contribution in [1.82, 2.24) is 9.55 Å². The van der Waals surface area contributed by atoms with Gasteiger partial charge in [0.05, 0.1) is 27.1 Å². The van der Waals surface area contributed by atoms with Gasteiger partial charge in [-0.25, -0.2) is 4.98 Å². The molecule has 0 saturated carbocycles. The smallest absolute Gasteiger partial charge is 0.132 e. The molecule has 2 nitrogen and oxygen atoms in total. The predicted molar refractivity (Wildman–Crippen MR) is 90.1 cm³/mol. The van der Waals surface area contributed by atoms with E-state index in [1.165, 1.54) is 0 Å². The fourth-order valence-electron chi connectivity index (χ4n) is 2.43. The first-order valence-electron chi connectivity index (χ1n) is 6.56. The van der Waals surface area contributed by atoms with Gasteiger partial charge in [-0.3, -0.25) is 4.57 Å². The Kier molecular flexibility index (Phi) is 3.87. The number of fused-ring (bicyclic) bond motifs is 1. The van der Waals surface area contributed by atoms with Crippen LogP contribution in [0.5, 0.6) is 0 Å². The zero-order valence-corrected chi connectivity index (χ0v) is 13.8. The Morgan fingerprint density at radius 2 is 1.90 bits per heavy atom. The summed E-state index contributed by atoms with van der Waals surface area (Å²) in [5.41, 5.74) is 3.79. The van der Waals surface area contributed by atoms with Crippen molar-refractivity contribution in [2.24, 2.45) is 0 Å². The molecule has 0 aliphatic rings. The maximum atomic E-state index is 6.35. The number of benzene rings is 2. The third kappa shape index (κ3) is 2.52. The minimum Gasteiger partial charge on any atom is -0.293 e. The van der Waals surface area contributed by atoms with Gasteiger partial charge >= 0.3 is 0 Å². The predicted octanol–water partition coefficient (Wildman–Crippen LogP) is 5.94. The van der Waals surface area contributed by atoms with Gasteiger partial charge in [-0.15, -0.1) is 11.6 Å². The van der Waals surface area contributed by atoms with E-state index in [-0.39, 0.29) is 5.38 Å². The molecule has 0 aliphatic carbocycles. The van der Waals surface area contributed by atoms with E-state index in [4.69, 9.17) is 34.8 Å². The number of nitrogens with zero attached hydrogens (tertiary/aromatic N) is 2. The molecule has 1 aromatic heterocycles. The Balaban J connectivity index is 2.42. The average molecular weight is 340 g/mol. The van der Waals surface area contributed by atoms with E-state index < -0.39 is 0 Å². The lowest BCUT2D eigenvalue weighted by Gasteiger charge is -2.12. The summed E-state index contributed by atoms with van der Waals surface area (Å²) in [7, 11) is 0. The van der Waals surface area contributed by atoms with E-state index in [1.54, 1.807) is 12.1 Å². The summed E-state index contributed by atoms with van der Waals surface area (Å²) in [6.45, 7) is 3.93. The molecule has 5 heteroatoms. The van der Waals surface area contributed by atoms with E-state index in [2.05, 4.69) is 4.98 Å². The Bertz CT molecular complexity index is 822. The third-order valence-electron chi connectivity index (χ3n) is 3.42. The van der Waals surface area contributed by atoms with Crippen LogP contribution in [0.25, 0.3) is 16.7 Å². The largest absolute Gasteiger partial charge is 0.293 e. The standard InChI is InChI=1S/C16H13Cl3N2/c1-9-4-3-5-13-15(9)20-16(10(2)17)21(13)14-8-11(18)6-7-12(14)19/h3-8,10H,1-2H3. The molecule has 0 aliphatic heterocycles. The second-order valence-corrected chi connectivity index (χ2v) is 6.46. The number of para-hydroxylation sites is 1. The van der Waals surface area contributed by atoms with Crippen molar-refractivity contribution in [2.75, 3.05) is 0 Å². The zero-order chi connectivity index (χ0) is 15.1. The number of imidazole rings is 1. The van der Waals surface area contributed by atoms with Crippen LogP contribution in [0.3, 0.4) is 0 Å². The SMILES string of the molecule is Cc1cccc2c1nc(C(C)Cl)n2-c1cc(Cl)ccc1Cl. The molecule has 1 heterocycles. The fraction of sp³-hybridized carbons (Fsp3) is 0.188. The van der Waals surface area contributed by atoms with E-state index in [9.17, 15) is 0 Å². The van der Waals surface area contributed by atoms with Crippen molar-refractivity contribution in [3.63, 3.8) is 0 Å². The highest BCUT2D eigenvalue weighted by Gasteiger charge is 2.19. The van der Waals surface area contributed by atoms with Crippen molar-refractivity contribution < 1.29 is 0 Å². The summed E-state index contributed by atoms with van der Waals surface area (Å²) >= 11 is 18.8. The second kappa shape index (κ2) is 5.53. The molecule has 0 fully saturated rings. The number of aryl methyl sites for hydroxylation is 1. The van der Waals surface area contributed by atoms with Gasteiger partial charge in [0.2, 0.25) is 0 Å². The molecule has 1 atom stereocenters. The van der Waals surface area contributed by atoms with Crippen LogP contribution in [0, 0.1) is 6.92 Å². The minimum absolute atomic E-state index is 0.244. The zero-order valence-electron chi connectivity index (χ0n) is 11.6. The van der Waals surface area contributed by atoms with E-state index >= 15 is 0 Å². The first-order chi connectivity index (χ1) is 9.99. The van der Waals surface area contributed by atoms with Crippen molar-refractivity contribution in [3.8, 4) is 5.69 Å². The number of rotatable bonds is 2. The van der Waals surface area contributed by atoms with Crippen LogP contribution in [0.2, 0.25) is 10.0 Å². The molecule has 1 unspecified atom stereocenters. The van der Waals surface area contributed by atoms with Crippen molar-refractivity contribution >= 4 is 45.8 Å². The van der Waals surface area contributed by atoms with Gasteiger partial charge in [-0.2, -0.15) is 0 Å². The van der Waals surface area contributed by atoms with Gasteiger partial charge in [-0.1, -0.05) is 35.3 Å². The molecule has 0 N–H and O–H groups in total. The summed E-state index contributed by atoms with van der Waals surface area (Å²) in [4.78, 5) is 4.69. The molecule has 0 bridgehead atoms. The second-order valence-electron chi connectivity index (χ2n) is 4.96. The van der Waals surface area contributed by atoms with Gasteiger partial charge in [0.1, 0.15) is 5.82 Å². The van der Waals surface area contributed by atoms with Crippen LogP contribution < -0.4 is 0 Å². The molecule has 3 aromatic rings. The number of hydrogen-bond acceptors (Lipinski definition) is 1. The number of alkyl halides is 1. The molecule has 0 amide bonds. The lowest BCUT2D eigenvalue weighted by atomic mass is 10.2. The molecule has 0 saturated heterocycles. The highest BCUT2D eigenvalue weighted by Crippen LogP contribution is 2.33. The van der Waals surface area contributed by atoms with E-state index in [0.717, 1.165) is 28.1 Å². The number of aromatic nitrogens is 2. The van der Waals surface area contributed by atoms with Gasteiger partial charge in [0, 0.05) is 5.02 Å². The Labute approximate surface area is 138 Å². The fourth-order valence-corrected chi connectivity index (χ4v) is 2.95. The Morgan fingerprint density at radius 1 is 1.14 bits per heavy atom. The van der Waals surface area contributed by atoms with Crippen LogP contribution in [0.15, 0.2) is 36.4 Å². The monoisotopic (exact) mass is 338 g/mol. The van der Waals surface area contributed by atoms with Crippen molar-refractivity contribution in [3.05, 3.63) is 57.8 Å². The lowest BCUT2D eigenvalue weighted by molar-refractivity contribution is 0.882. The maximum Gasteiger partial charge on any atom is 0.132 e. The summed E-state index contributed by atoms with van der Waals surface area (Å²) in [6, 6.07) is 11.4. The van der Waals surface area contributed by atoms with Crippen LogP contribution in [0.4, 0.5) is 0 Å². The number of halogens is 3. The van der Waals surface area contributed by atoms with Gasteiger partial charge in [0.15, 0.2) is 0 Å². The van der Waals surface area contributed by atoms with Crippen molar-refractivity contribution in [2.45, 2.75) is 19.2 Å². The average Bonchev–Trinajstić information content (AvgIpc) is 2.82. The first kappa shape index (κ1) is 14.7. The third-order valence-corrected chi connectivity index (χ3v) is 4.17. The van der Waals surface area contributed by atoms with Gasteiger partial charge < -0.3 is 0 Å². The van der Waals surface area contributed by atoms with Crippen LogP contribution in [-0.2, 0) is 0 Å². The molecular weight excluding hydrogens is 327 g/mol. The Hall–Kier alpha value is -1.22. The van der Waals surface area contributed by atoms with Crippen LogP contribution >= 0.6 is 34.8 Å². The van der Waals surface area contributed by atoms with Gasteiger partial charge in [-0.05, 0) is 43.7 Å². The van der Waals surface area contributed by atoms with E-state index in [0.29, 0.717) is 10.0 Å². The molecule has 2 aromatic carbocycles. The molecule has 0 radical (unpaired) electrons. The number of hydrogen-bond donors (Lipinski definition) is 0. The lowest BCUT2D eigenvalue weighted by Crippen LogP contribution is -2.02. The molecule has 21 heavy (non-hydrogen) atoms.